The highest BCUT2D eigenvalue weighted by Crippen LogP contribution is 2.28. The van der Waals surface area contributed by atoms with Crippen LogP contribution < -0.4 is 10.2 Å². The Morgan fingerprint density at radius 3 is 2.70 bits per heavy atom. The highest BCUT2D eigenvalue weighted by Gasteiger charge is 2.32. The van der Waals surface area contributed by atoms with E-state index in [2.05, 4.69) is 15.5 Å². The van der Waals surface area contributed by atoms with Gasteiger partial charge in [-0.2, -0.15) is 9.41 Å². The Balaban J connectivity index is 1.50. The third-order valence-electron chi connectivity index (χ3n) is 5.16. The first-order chi connectivity index (χ1) is 15.9. The minimum Gasteiger partial charge on any atom is -0.496 e. The normalized spacial score (nSPS) is 19.6. The molecule has 0 aliphatic carbocycles. The maximum atomic E-state index is 13.2. The van der Waals surface area contributed by atoms with Crippen molar-refractivity contribution in [2.75, 3.05) is 25.6 Å². The number of methoxy groups -OCH3 is 1. The summed E-state index contributed by atoms with van der Waals surface area (Å²) < 4.78 is 38.9. The number of anilines is 1. The molecular formula is C23H26N4O4S2. The van der Waals surface area contributed by atoms with Gasteiger partial charge in [-0.3, -0.25) is 5.43 Å². The number of para-hydroxylation sites is 1. The fraction of sp³-hybridized carbons (Fsp3) is 0.304. The van der Waals surface area contributed by atoms with Crippen LogP contribution >= 0.6 is 11.3 Å². The highest BCUT2D eigenvalue weighted by atomic mass is 32.2. The van der Waals surface area contributed by atoms with Gasteiger partial charge in [0.2, 0.25) is 15.2 Å². The largest absolute Gasteiger partial charge is 0.496 e. The average Bonchev–Trinajstić information content (AvgIpc) is 3.28. The Bertz CT molecular complexity index is 1230. The molecule has 1 aromatic heterocycles. The smallest absolute Gasteiger partial charge is 0.243 e. The molecule has 1 saturated heterocycles. The van der Waals surface area contributed by atoms with Crippen LogP contribution in [-0.2, 0) is 14.8 Å². The number of hydrogen-bond acceptors (Lipinski definition) is 8. The minimum absolute atomic E-state index is 0.143. The van der Waals surface area contributed by atoms with Gasteiger partial charge in [-0.25, -0.2) is 13.4 Å². The lowest BCUT2D eigenvalue weighted by Crippen LogP contribution is -2.48. The van der Waals surface area contributed by atoms with Gasteiger partial charge in [0.25, 0.3) is 0 Å². The molecule has 10 heteroatoms. The molecule has 1 aliphatic rings. The lowest BCUT2D eigenvalue weighted by atomic mass is 10.2. The number of hydrogen-bond donors (Lipinski definition) is 1. The first-order valence-corrected chi connectivity index (χ1v) is 12.8. The molecule has 0 radical (unpaired) electrons. The van der Waals surface area contributed by atoms with Crippen molar-refractivity contribution in [3.05, 3.63) is 59.5 Å². The third-order valence-corrected chi connectivity index (χ3v) is 7.74. The number of thiazole rings is 1. The lowest BCUT2D eigenvalue weighted by molar-refractivity contribution is -0.0440. The predicted octanol–water partition coefficient (Wildman–Crippen LogP) is 4.06. The SMILES string of the molecule is COc1ccccc1/C=N\Nc1nc(-c2cccc(S(=O)(=O)N3C[C@@H](C)O[C@H](C)C3)c2)cs1. The van der Waals surface area contributed by atoms with Crippen LogP contribution in [0.2, 0.25) is 0 Å². The van der Waals surface area contributed by atoms with Gasteiger partial charge in [0.1, 0.15) is 5.75 Å². The molecule has 0 amide bonds. The Morgan fingerprint density at radius 1 is 1.18 bits per heavy atom. The Labute approximate surface area is 197 Å². The maximum Gasteiger partial charge on any atom is 0.243 e. The molecule has 0 spiro atoms. The molecule has 4 rings (SSSR count). The number of nitrogens with one attached hydrogen (secondary N) is 1. The molecule has 0 saturated carbocycles. The van der Waals surface area contributed by atoms with Crippen LogP contribution in [0.25, 0.3) is 11.3 Å². The van der Waals surface area contributed by atoms with E-state index in [9.17, 15) is 8.42 Å². The number of aromatic nitrogens is 1. The number of morpholine rings is 1. The van der Waals surface area contributed by atoms with E-state index >= 15 is 0 Å². The van der Waals surface area contributed by atoms with Crippen LogP contribution in [0.4, 0.5) is 5.13 Å². The average molecular weight is 487 g/mol. The van der Waals surface area contributed by atoms with Crippen molar-refractivity contribution in [3.8, 4) is 17.0 Å². The predicted molar refractivity (Wildman–Crippen MR) is 131 cm³/mol. The number of hydrazone groups is 1. The third kappa shape index (κ3) is 5.41. The summed E-state index contributed by atoms with van der Waals surface area (Å²) >= 11 is 1.39. The molecule has 8 nitrogen and oxygen atoms in total. The Morgan fingerprint density at radius 2 is 1.94 bits per heavy atom. The molecule has 2 atom stereocenters. The van der Waals surface area contributed by atoms with Gasteiger partial charge in [-0.05, 0) is 38.1 Å². The van der Waals surface area contributed by atoms with Crippen LogP contribution in [0.5, 0.6) is 5.75 Å². The summed E-state index contributed by atoms with van der Waals surface area (Å²) in [5.74, 6) is 0.727. The van der Waals surface area contributed by atoms with E-state index < -0.39 is 10.0 Å². The molecule has 2 heterocycles. The molecule has 1 aliphatic heterocycles. The van der Waals surface area contributed by atoms with E-state index in [0.717, 1.165) is 16.9 Å². The van der Waals surface area contributed by atoms with Crippen LogP contribution in [-0.4, -0.2) is 56.3 Å². The highest BCUT2D eigenvalue weighted by molar-refractivity contribution is 7.89. The monoisotopic (exact) mass is 486 g/mol. The summed E-state index contributed by atoms with van der Waals surface area (Å²) in [7, 11) is -2.01. The summed E-state index contributed by atoms with van der Waals surface area (Å²) in [4.78, 5) is 4.80. The zero-order chi connectivity index (χ0) is 23.4. The van der Waals surface area contributed by atoms with Crippen molar-refractivity contribution >= 4 is 32.7 Å². The summed E-state index contributed by atoms with van der Waals surface area (Å²) in [6.45, 7) is 4.45. The van der Waals surface area contributed by atoms with E-state index in [0.29, 0.717) is 23.9 Å². The van der Waals surface area contributed by atoms with Crippen molar-refractivity contribution < 1.29 is 17.9 Å². The second-order valence-electron chi connectivity index (χ2n) is 7.76. The number of ether oxygens (including phenoxy) is 2. The van der Waals surface area contributed by atoms with E-state index in [4.69, 9.17) is 9.47 Å². The van der Waals surface area contributed by atoms with Gasteiger partial charge in [-0.1, -0.05) is 24.3 Å². The van der Waals surface area contributed by atoms with Gasteiger partial charge in [-0.15, -0.1) is 11.3 Å². The van der Waals surface area contributed by atoms with Crippen molar-refractivity contribution in [1.82, 2.24) is 9.29 Å². The zero-order valence-corrected chi connectivity index (χ0v) is 20.3. The van der Waals surface area contributed by atoms with E-state index in [1.54, 1.807) is 31.5 Å². The van der Waals surface area contributed by atoms with Gasteiger partial charge in [0.15, 0.2) is 0 Å². The summed E-state index contributed by atoms with van der Waals surface area (Å²) in [6.07, 6.45) is 1.38. The maximum absolute atomic E-state index is 13.2. The van der Waals surface area contributed by atoms with E-state index in [1.165, 1.54) is 15.6 Å². The van der Waals surface area contributed by atoms with Crippen molar-refractivity contribution in [3.63, 3.8) is 0 Å². The fourth-order valence-electron chi connectivity index (χ4n) is 3.68. The molecular weight excluding hydrogens is 460 g/mol. The Hall–Kier alpha value is -2.79. The summed E-state index contributed by atoms with van der Waals surface area (Å²) in [6, 6.07) is 14.4. The number of benzene rings is 2. The van der Waals surface area contributed by atoms with Crippen LogP contribution in [0.15, 0.2) is 63.9 Å². The minimum atomic E-state index is -3.63. The van der Waals surface area contributed by atoms with Gasteiger partial charge >= 0.3 is 0 Å². The first kappa shape index (κ1) is 23.4. The molecule has 0 unspecified atom stereocenters. The van der Waals surface area contributed by atoms with Crippen molar-refractivity contribution in [1.29, 1.82) is 0 Å². The van der Waals surface area contributed by atoms with Crippen LogP contribution in [0.1, 0.15) is 19.4 Å². The molecule has 0 bridgehead atoms. The topological polar surface area (TPSA) is 93.1 Å². The second kappa shape index (κ2) is 10.0. The van der Waals surface area contributed by atoms with E-state index in [-0.39, 0.29) is 17.1 Å². The number of sulfonamides is 1. The van der Waals surface area contributed by atoms with Gasteiger partial charge in [0, 0.05) is 29.6 Å². The molecule has 1 N–H and O–H groups in total. The first-order valence-electron chi connectivity index (χ1n) is 10.5. The molecule has 1 fully saturated rings. The fourth-order valence-corrected chi connectivity index (χ4v) is 5.99. The second-order valence-corrected chi connectivity index (χ2v) is 10.6. The molecule has 33 heavy (non-hydrogen) atoms. The van der Waals surface area contributed by atoms with Gasteiger partial charge < -0.3 is 9.47 Å². The molecule has 174 valence electrons. The Kier molecular flexibility index (Phi) is 7.08. The van der Waals surface area contributed by atoms with Crippen molar-refractivity contribution in [2.45, 2.75) is 31.0 Å². The van der Waals surface area contributed by atoms with Crippen LogP contribution in [0, 0.1) is 0 Å². The summed E-state index contributed by atoms with van der Waals surface area (Å²) in [5.41, 5.74) is 5.17. The van der Waals surface area contributed by atoms with Gasteiger partial charge in [0.05, 0.1) is 36.1 Å². The van der Waals surface area contributed by atoms with Crippen molar-refractivity contribution in [2.24, 2.45) is 5.10 Å². The number of rotatable bonds is 7. The lowest BCUT2D eigenvalue weighted by Gasteiger charge is -2.34. The summed E-state index contributed by atoms with van der Waals surface area (Å²) in [5, 5.41) is 6.70. The molecule has 2 aromatic carbocycles. The zero-order valence-electron chi connectivity index (χ0n) is 18.6. The standard InChI is InChI=1S/C23H26N4O4S2/c1-16-13-27(14-17(2)31-16)33(28,29)20-9-6-8-18(11-20)21-15-32-23(25-21)26-24-12-19-7-4-5-10-22(19)30-3/h4-12,15-17H,13-14H2,1-3H3,(H,25,26)/b24-12-/t16-,17-/m1/s1. The van der Waals surface area contributed by atoms with Crippen LogP contribution in [0.3, 0.4) is 0 Å². The van der Waals surface area contributed by atoms with E-state index in [1.807, 2.05) is 49.6 Å². The quantitative estimate of drug-likeness (QED) is 0.400. The molecule has 3 aromatic rings. The number of nitrogens with zero attached hydrogens (tertiary/aromatic N) is 3.